The summed E-state index contributed by atoms with van der Waals surface area (Å²) in [6.07, 6.45) is 2.41. The van der Waals surface area contributed by atoms with Gasteiger partial charge in [0, 0.05) is 23.4 Å². The quantitative estimate of drug-likeness (QED) is 0.640. The SMILES string of the molecule is Cc1ccc(Nc2ncnc3c2CC(c2cccc(N)c2)N3)cc1. The third kappa shape index (κ3) is 2.76. The second kappa shape index (κ2) is 5.85. The molecule has 4 rings (SSSR count). The molecule has 0 fully saturated rings. The summed E-state index contributed by atoms with van der Waals surface area (Å²) in [6, 6.07) is 16.4. The van der Waals surface area contributed by atoms with Crippen molar-refractivity contribution in [3.05, 3.63) is 71.5 Å². The molecule has 1 unspecified atom stereocenters. The molecule has 1 aliphatic heterocycles. The number of aromatic nitrogens is 2. The lowest BCUT2D eigenvalue weighted by atomic mass is 10.0. The molecule has 2 heterocycles. The van der Waals surface area contributed by atoms with Crippen LogP contribution in [0.3, 0.4) is 0 Å². The number of hydrogen-bond acceptors (Lipinski definition) is 5. The highest BCUT2D eigenvalue weighted by Gasteiger charge is 2.26. The van der Waals surface area contributed by atoms with Gasteiger partial charge in [-0.25, -0.2) is 9.97 Å². The fourth-order valence-electron chi connectivity index (χ4n) is 3.01. The Morgan fingerprint density at radius 1 is 1.12 bits per heavy atom. The predicted octanol–water partition coefficient (Wildman–Crippen LogP) is 3.82. The summed E-state index contributed by atoms with van der Waals surface area (Å²) in [5.74, 6) is 1.73. The van der Waals surface area contributed by atoms with Crippen molar-refractivity contribution in [3.8, 4) is 0 Å². The molecule has 0 saturated heterocycles. The first-order valence-electron chi connectivity index (χ1n) is 7.98. The van der Waals surface area contributed by atoms with Crippen LogP contribution in [0.5, 0.6) is 0 Å². The molecule has 5 nitrogen and oxygen atoms in total. The number of anilines is 4. The summed E-state index contributed by atoms with van der Waals surface area (Å²) in [4.78, 5) is 8.81. The summed E-state index contributed by atoms with van der Waals surface area (Å²) >= 11 is 0. The number of benzene rings is 2. The molecule has 1 atom stereocenters. The number of rotatable bonds is 3. The van der Waals surface area contributed by atoms with Gasteiger partial charge in [0.1, 0.15) is 18.0 Å². The van der Waals surface area contributed by atoms with E-state index in [0.29, 0.717) is 0 Å². The van der Waals surface area contributed by atoms with Gasteiger partial charge in [0.15, 0.2) is 0 Å². The van der Waals surface area contributed by atoms with Gasteiger partial charge in [0.25, 0.3) is 0 Å². The molecule has 0 bridgehead atoms. The minimum Gasteiger partial charge on any atom is -0.399 e. The number of aryl methyl sites for hydroxylation is 1. The number of nitrogen functional groups attached to an aromatic ring is 1. The van der Waals surface area contributed by atoms with Crippen molar-refractivity contribution in [3.63, 3.8) is 0 Å². The fraction of sp³-hybridized carbons (Fsp3) is 0.158. The molecule has 0 radical (unpaired) electrons. The smallest absolute Gasteiger partial charge is 0.139 e. The van der Waals surface area contributed by atoms with Crippen LogP contribution >= 0.6 is 0 Å². The standard InChI is InChI=1S/C19H19N5/c1-12-5-7-15(8-6-12)23-18-16-10-17(24-19(16)22-11-21-18)13-3-2-4-14(20)9-13/h2-9,11,17H,10,20H2,1H3,(H2,21,22,23,24). The monoisotopic (exact) mass is 317 g/mol. The second-order valence-electron chi connectivity index (χ2n) is 6.11. The minimum atomic E-state index is 0.166. The maximum absolute atomic E-state index is 5.91. The molecule has 1 aromatic heterocycles. The zero-order valence-electron chi connectivity index (χ0n) is 13.5. The third-order valence-corrected chi connectivity index (χ3v) is 4.29. The molecule has 0 aliphatic carbocycles. The Morgan fingerprint density at radius 2 is 1.96 bits per heavy atom. The number of nitrogens with two attached hydrogens (primary N) is 1. The maximum atomic E-state index is 5.91. The third-order valence-electron chi connectivity index (χ3n) is 4.29. The fourth-order valence-corrected chi connectivity index (χ4v) is 3.01. The van der Waals surface area contributed by atoms with Crippen molar-refractivity contribution in [2.75, 3.05) is 16.4 Å². The Balaban J connectivity index is 1.61. The molecule has 3 aromatic rings. The van der Waals surface area contributed by atoms with Crippen molar-refractivity contribution in [2.24, 2.45) is 0 Å². The van der Waals surface area contributed by atoms with E-state index in [0.717, 1.165) is 40.6 Å². The molecule has 120 valence electrons. The average molecular weight is 317 g/mol. The highest BCUT2D eigenvalue weighted by atomic mass is 15.1. The number of hydrogen-bond donors (Lipinski definition) is 3. The van der Waals surface area contributed by atoms with Crippen LogP contribution in [-0.2, 0) is 6.42 Å². The Hall–Kier alpha value is -3.08. The van der Waals surface area contributed by atoms with E-state index in [2.05, 4.69) is 57.9 Å². The zero-order valence-corrected chi connectivity index (χ0v) is 13.5. The molecule has 1 aliphatic rings. The summed E-state index contributed by atoms with van der Waals surface area (Å²) in [6.45, 7) is 2.08. The van der Waals surface area contributed by atoms with Gasteiger partial charge < -0.3 is 16.4 Å². The first-order valence-corrected chi connectivity index (χ1v) is 7.98. The molecule has 0 amide bonds. The summed E-state index contributed by atoms with van der Waals surface area (Å²) < 4.78 is 0. The lowest BCUT2D eigenvalue weighted by Gasteiger charge is -2.11. The van der Waals surface area contributed by atoms with E-state index in [1.807, 2.05) is 18.2 Å². The maximum Gasteiger partial charge on any atom is 0.139 e. The van der Waals surface area contributed by atoms with E-state index in [1.54, 1.807) is 6.33 Å². The van der Waals surface area contributed by atoms with Crippen LogP contribution < -0.4 is 16.4 Å². The van der Waals surface area contributed by atoms with E-state index in [-0.39, 0.29) is 6.04 Å². The number of fused-ring (bicyclic) bond motifs is 1. The first-order chi connectivity index (χ1) is 11.7. The average Bonchev–Trinajstić information content (AvgIpc) is 3.02. The van der Waals surface area contributed by atoms with E-state index in [1.165, 1.54) is 5.56 Å². The van der Waals surface area contributed by atoms with Crippen LogP contribution in [0.1, 0.15) is 22.7 Å². The van der Waals surface area contributed by atoms with Crippen molar-refractivity contribution < 1.29 is 0 Å². The minimum absolute atomic E-state index is 0.166. The first kappa shape index (κ1) is 14.5. The highest BCUT2D eigenvalue weighted by molar-refractivity contribution is 5.68. The van der Waals surface area contributed by atoms with E-state index in [4.69, 9.17) is 5.73 Å². The van der Waals surface area contributed by atoms with E-state index < -0.39 is 0 Å². The Morgan fingerprint density at radius 3 is 2.75 bits per heavy atom. The second-order valence-corrected chi connectivity index (χ2v) is 6.11. The van der Waals surface area contributed by atoms with Gasteiger partial charge in [0.2, 0.25) is 0 Å². The summed E-state index contributed by atoms with van der Waals surface area (Å²) in [5.41, 5.74) is 11.2. The van der Waals surface area contributed by atoms with Crippen LogP contribution in [0.4, 0.5) is 23.0 Å². The predicted molar refractivity (Wildman–Crippen MR) is 97.4 cm³/mol. The molecule has 24 heavy (non-hydrogen) atoms. The number of nitrogens with zero attached hydrogens (tertiary/aromatic N) is 2. The van der Waals surface area contributed by atoms with Gasteiger partial charge in [0.05, 0.1) is 6.04 Å². The Labute approximate surface area is 141 Å². The van der Waals surface area contributed by atoms with Gasteiger partial charge in [-0.05, 0) is 36.8 Å². The molecule has 0 spiro atoms. The van der Waals surface area contributed by atoms with Crippen molar-refractivity contribution >= 4 is 23.0 Å². The largest absolute Gasteiger partial charge is 0.399 e. The van der Waals surface area contributed by atoms with Gasteiger partial charge in [-0.1, -0.05) is 29.8 Å². The molecule has 4 N–H and O–H groups in total. The molecular formula is C19H19N5. The summed E-state index contributed by atoms with van der Waals surface area (Å²) in [5, 5.41) is 6.87. The van der Waals surface area contributed by atoms with Gasteiger partial charge in [-0.15, -0.1) is 0 Å². The van der Waals surface area contributed by atoms with Crippen molar-refractivity contribution in [1.82, 2.24) is 9.97 Å². The van der Waals surface area contributed by atoms with Crippen LogP contribution in [-0.4, -0.2) is 9.97 Å². The van der Waals surface area contributed by atoms with Crippen LogP contribution in [0, 0.1) is 6.92 Å². The van der Waals surface area contributed by atoms with Crippen molar-refractivity contribution in [1.29, 1.82) is 0 Å². The van der Waals surface area contributed by atoms with Gasteiger partial charge >= 0.3 is 0 Å². The summed E-state index contributed by atoms with van der Waals surface area (Å²) in [7, 11) is 0. The normalized spacial score (nSPS) is 15.6. The zero-order chi connectivity index (χ0) is 16.5. The van der Waals surface area contributed by atoms with Gasteiger partial charge in [-0.3, -0.25) is 0 Å². The molecule has 5 heteroatoms. The Bertz CT molecular complexity index is 873. The van der Waals surface area contributed by atoms with Gasteiger partial charge in [-0.2, -0.15) is 0 Å². The van der Waals surface area contributed by atoms with Crippen LogP contribution in [0.2, 0.25) is 0 Å². The van der Waals surface area contributed by atoms with E-state index in [9.17, 15) is 0 Å². The van der Waals surface area contributed by atoms with Crippen LogP contribution in [0.25, 0.3) is 0 Å². The molecule has 2 aromatic carbocycles. The van der Waals surface area contributed by atoms with Crippen LogP contribution in [0.15, 0.2) is 54.9 Å². The van der Waals surface area contributed by atoms with E-state index >= 15 is 0 Å². The highest BCUT2D eigenvalue weighted by Crippen LogP contribution is 2.37. The lowest BCUT2D eigenvalue weighted by molar-refractivity contribution is 0.824. The molecular weight excluding hydrogens is 298 g/mol. The molecule has 0 saturated carbocycles. The van der Waals surface area contributed by atoms with Crippen molar-refractivity contribution in [2.45, 2.75) is 19.4 Å². The number of nitrogens with one attached hydrogen (secondary N) is 2. The Kier molecular flexibility index (Phi) is 3.54. The lowest BCUT2D eigenvalue weighted by Crippen LogP contribution is -2.06. The topological polar surface area (TPSA) is 75.9 Å².